The summed E-state index contributed by atoms with van der Waals surface area (Å²) >= 11 is 0. The zero-order valence-electron chi connectivity index (χ0n) is 25.2. The molecule has 2 aromatic carbocycles. The Morgan fingerprint density at radius 1 is 1.02 bits per heavy atom. The summed E-state index contributed by atoms with van der Waals surface area (Å²) in [5.41, 5.74) is 6.36. The number of rotatable bonds is 6. The fourth-order valence-electron chi connectivity index (χ4n) is 6.47. The number of nitriles is 1. The number of para-hydroxylation sites is 1. The van der Waals surface area contributed by atoms with Gasteiger partial charge in [-0.15, -0.1) is 0 Å². The van der Waals surface area contributed by atoms with E-state index in [1.54, 1.807) is 12.3 Å². The van der Waals surface area contributed by atoms with Gasteiger partial charge in [0.25, 0.3) is 5.91 Å². The van der Waals surface area contributed by atoms with Crippen molar-refractivity contribution in [2.24, 2.45) is 11.1 Å². The van der Waals surface area contributed by atoms with Gasteiger partial charge in [0, 0.05) is 62.8 Å². The number of nitrogens with one attached hydrogen (secondary N) is 1. The summed E-state index contributed by atoms with van der Waals surface area (Å²) in [5.74, 6) is 0.616. The summed E-state index contributed by atoms with van der Waals surface area (Å²) in [4.78, 5) is 24.2. The lowest BCUT2D eigenvalue weighted by Gasteiger charge is -2.40. The van der Waals surface area contributed by atoms with Crippen LogP contribution in [0.2, 0.25) is 0 Å². The molecule has 0 unspecified atom stereocenters. The van der Waals surface area contributed by atoms with Crippen LogP contribution in [0.3, 0.4) is 0 Å². The second-order valence-electron chi connectivity index (χ2n) is 11.6. The van der Waals surface area contributed by atoms with E-state index in [0.29, 0.717) is 49.0 Å². The van der Waals surface area contributed by atoms with Gasteiger partial charge >= 0.3 is 0 Å². The number of amides is 1. The van der Waals surface area contributed by atoms with E-state index in [0.717, 1.165) is 47.6 Å². The number of hydrogen-bond donors (Lipinski definition) is 2. The van der Waals surface area contributed by atoms with Crippen molar-refractivity contribution in [2.75, 3.05) is 54.4 Å². The number of pyridine rings is 1. The molecule has 5 rings (SSSR count). The first-order chi connectivity index (χ1) is 20.5. The van der Waals surface area contributed by atoms with Crippen LogP contribution in [0.1, 0.15) is 46.0 Å². The maximum absolute atomic E-state index is 13.9. The fraction of sp³-hybridized carbons (Fsp3) is 0.406. The van der Waals surface area contributed by atoms with Crippen LogP contribution in [-0.4, -0.2) is 69.5 Å². The van der Waals surface area contributed by atoms with Gasteiger partial charge in [-0.1, -0.05) is 25.1 Å². The molecule has 10 nitrogen and oxygen atoms in total. The number of anilines is 3. The molecule has 0 aliphatic carbocycles. The third kappa shape index (κ3) is 6.17. The number of aryl methyl sites for hydroxylation is 2. The summed E-state index contributed by atoms with van der Waals surface area (Å²) in [6, 6.07) is 15.4. The Labute approximate surface area is 254 Å². The molecular weight excluding hydrogens is 562 g/mol. The lowest BCUT2D eigenvalue weighted by molar-refractivity contribution is 0.0745. The Balaban J connectivity index is 1.30. The van der Waals surface area contributed by atoms with Crippen molar-refractivity contribution in [3.63, 3.8) is 0 Å². The molecule has 0 spiro atoms. The molecule has 2 aliphatic heterocycles. The minimum Gasteiger partial charge on any atom is -0.381 e. The van der Waals surface area contributed by atoms with Gasteiger partial charge < -0.3 is 20.0 Å². The van der Waals surface area contributed by atoms with Crippen molar-refractivity contribution in [3.8, 4) is 6.07 Å². The van der Waals surface area contributed by atoms with Crippen LogP contribution in [0, 0.1) is 38.0 Å². The van der Waals surface area contributed by atoms with Crippen LogP contribution in [0.4, 0.5) is 17.2 Å². The smallest absolute Gasteiger partial charge is 0.254 e. The maximum atomic E-state index is 13.9. The standard InChI is InChI=1S/C32H39N7O3S/c1-21-18-22(2)30(36-26-11-13-39(20-23(26)3)27-9-6-5-8-25(27)19-33)24(4)29(21)32(40)38-16-14-37(15-17-38)31-28(43(34,41)42)10-7-12-35-31/h5-10,12,18,23,26,36H,11,13-17,20H2,1-4H3,(H2,34,41,42)/t23-,26-/m1/s1. The zero-order chi connectivity index (χ0) is 30.9. The summed E-state index contributed by atoms with van der Waals surface area (Å²) in [5, 5.41) is 18.8. The number of sulfonamides is 1. The van der Waals surface area contributed by atoms with Crippen LogP contribution in [0.15, 0.2) is 53.6 Å². The van der Waals surface area contributed by atoms with Gasteiger partial charge in [0.05, 0.1) is 11.3 Å². The second kappa shape index (κ2) is 12.2. The molecule has 43 heavy (non-hydrogen) atoms. The number of nitrogens with zero attached hydrogens (tertiary/aromatic N) is 5. The molecule has 3 heterocycles. The summed E-state index contributed by atoms with van der Waals surface area (Å²) in [6.07, 6.45) is 2.46. The van der Waals surface area contributed by atoms with Crippen LogP contribution in [0.5, 0.6) is 0 Å². The molecular formula is C32H39N7O3S. The van der Waals surface area contributed by atoms with Gasteiger partial charge in [0.1, 0.15) is 16.8 Å². The molecule has 2 atom stereocenters. The van der Waals surface area contributed by atoms with Gasteiger partial charge in [0.15, 0.2) is 0 Å². The van der Waals surface area contributed by atoms with Crippen molar-refractivity contribution in [2.45, 2.75) is 45.1 Å². The van der Waals surface area contributed by atoms with Crippen molar-refractivity contribution < 1.29 is 13.2 Å². The number of carbonyl (C=O) groups excluding carboxylic acids is 1. The van der Waals surface area contributed by atoms with E-state index in [2.05, 4.69) is 41.2 Å². The molecule has 0 radical (unpaired) electrons. The molecule has 2 saturated heterocycles. The van der Waals surface area contributed by atoms with Crippen LogP contribution in [0.25, 0.3) is 0 Å². The normalized spacial score (nSPS) is 19.2. The van der Waals surface area contributed by atoms with Crippen LogP contribution >= 0.6 is 0 Å². The fourth-order valence-corrected chi connectivity index (χ4v) is 7.17. The molecule has 1 aromatic heterocycles. The van der Waals surface area contributed by atoms with E-state index in [4.69, 9.17) is 5.14 Å². The lowest BCUT2D eigenvalue weighted by atomic mass is 9.90. The Morgan fingerprint density at radius 3 is 2.42 bits per heavy atom. The molecule has 11 heteroatoms. The largest absolute Gasteiger partial charge is 0.381 e. The Kier molecular flexibility index (Phi) is 8.62. The number of nitrogens with two attached hydrogens (primary N) is 1. The number of piperidine rings is 1. The average Bonchev–Trinajstić information content (AvgIpc) is 2.99. The number of hydrogen-bond acceptors (Lipinski definition) is 8. The van der Waals surface area contributed by atoms with Crippen LogP contribution in [-0.2, 0) is 10.0 Å². The first-order valence-corrected chi connectivity index (χ1v) is 16.2. The number of primary sulfonamides is 1. The maximum Gasteiger partial charge on any atom is 0.254 e. The van der Waals surface area contributed by atoms with Gasteiger partial charge in [-0.2, -0.15) is 5.26 Å². The third-order valence-electron chi connectivity index (χ3n) is 8.71. The highest BCUT2D eigenvalue weighted by molar-refractivity contribution is 7.89. The minimum absolute atomic E-state index is 0.00921. The van der Waals surface area contributed by atoms with E-state index in [1.807, 2.05) is 47.9 Å². The topological polar surface area (TPSA) is 136 Å². The summed E-state index contributed by atoms with van der Waals surface area (Å²) < 4.78 is 24.2. The van der Waals surface area contributed by atoms with E-state index >= 15 is 0 Å². The first kappa shape index (κ1) is 30.3. The van der Waals surface area contributed by atoms with Crippen molar-refractivity contribution in [1.82, 2.24) is 9.88 Å². The second-order valence-corrected chi connectivity index (χ2v) is 13.2. The Hall–Kier alpha value is -4.14. The van der Waals surface area contributed by atoms with Gasteiger partial charge in [-0.3, -0.25) is 4.79 Å². The molecule has 0 saturated carbocycles. The Bertz CT molecular complexity index is 1680. The average molecular weight is 602 g/mol. The van der Waals surface area contributed by atoms with E-state index < -0.39 is 10.0 Å². The number of piperazine rings is 1. The van der Waals surface area contributed by atoms with Gasteiger partial charge in [-0.05, 0) is 74.1 Å². The highest BCUT2D eigenvalue weighted by Gasteiger charge is 2.31. The van der Waals surface area contributed by atoms with E-state index in [-0.39, 0.29) is 16.8 Å². The molecule has 3 N–H and O–H groups in total. The Morgan fingerprint density at radius 2 is 1.74 bits per heavy atom. The predicted octanol–water partition coefficient (Wildman–Crippen LogP) is 3.82. The third-order valence-corrected chi connectivity index (χ3v) is 9.64. The summed E-state index contributed by atoms with van der Waals surface area (Å²) in [7, 11) is -3.92. The summed E-state index contributed by atoms with van der Waals surface area (Å²) in [6.45, 7) is 11.7. The number of aromatic nitrogens is 1. The lowest BCUT2D eigenvalue weighted by Crippen LogP contribution is -2.49. The van der Waals surface area contributed by atoms with Crippen molar-refractivity contribution in [1.29, 1.82) is 5.26 Å². The SMILES string of the molecule is Cc1cc(C)c(C(=O)N2CCN(c3ncccc3S(N)(=O)=O)CC2)c(C)c1N[C@@H]1CCN(c2ccccc2C#N)C[C@H]1C. The van der Waals surface area contributed by atoms with Crippen molar-refractivity contribution >= 4 is 33.1 Å². The van der Waals surface area contributed by atoms with Crippen molar-refractivity contribution in [3.05, 3.63) is 76.5 Å². The van der Waals surface area contributed by atoms with Gasteiger partial charge in [0.2, 0.25) is 10.0 Å². The monoisotopic (exact) mass is 601 g/mol. The molecule has 1 amide bonds. The highest BCUT2D eigenvalue weighted by atomic mass is 32.2. The quantitative estimate of drug-likeness (QED) is 0.435. The first-order valence-electron chi connectivity index (χ1n) is 14.6. The van der Waals surface area contributed by atoms with E-state index in [9.17, 15) is 18.5 Å². The predicted molar refractivity (Wildman–Crippen MR) is 169 cm³/mol. The minimum atomic E-state index is -3.92. The highest BCUT2D eigenvalue weighted by Crippen LogP contribution is 2.33. The van der Waals surface area contributed by atoms with Gasteiger partial charge in [-0.25, -0.2) is 18.5 Å². The number of benzene rings is 2. The molecule has 0 bridgehead atoms. The van der Waals surface area contributed by atoms with Crippen LogP contribution < -0.4 is 20.3 Å². The molecule has 2 aliphatic rings. The zero-order valence-corrected chi connectivity index (χ0v) is 26.0. The number of carbonyl (C=O) groups is 1. The molecule has 226 valence electrons. The molecule has 2 fully saturated rings. The van der Waals surface area contributed by atoms with E-state index in [1.165, 1.54) is 6.07 Å². The molecule has 3 aromatic rings.